The van der Waals surface area contributed by atoms with E-state index in [4.69, 9.17) is 9.15 Å². The van der Waals surface area contributed by atoms with Crippen LogP contribution in [-0.2, 0) is 0 Å². The van der Waals surface area contributed by atoms with E-state index in [0.717, 1.165) is 28.3 Å². The number of nitrogens with one attached hydrogen (secondary N) is 1. The third-order valence-electron chi connectivity index (χ3n) is 4.52. The average Bonchev–Trinajstić information content (AvgIpc) is 3.30. The van der Waals surface area contributed by atoms with Crippen LogP contribution in [0.5, 0.6) is 5.75 Å². The van der Waals surface area contributed by atoms with Crippen LogP contribution < -0.4 is 10.2 Å². The Labute approximate surface area is 144 Å². The van der Waals surface area contributed by atoms with E-state index in [2.05, 4.69) is 11.5 Å². The number of ether oxygens (including phenoxy) is 1. The maximum Gasteiger partial charge on any atom is 0.196 e. The van der Waals surface area contributed by atoms with Crippen LogP contribution in [0.4, 0.5) is 4.39 Å². The van der Waals surface area contributed by atoms with Crippen LogP contribution in [0.3, 0.4) is 0 Å². The van der Waals surface area contributed by atoms with Gasteiger partial charge in [0.2, 0.25) is 0 Å². The molecule has 0 amide bonds. The quantitative estimate of drug-likeness (QED) is 0.753. The van der Waals surface area contributed by atoms with Gasteiger partial charge in [0.05, 0.1) is 18.0 Å². The number of hydrazine groups is 1. The van der Waals surface area contributed by atoms with Crippen LogP contribution in [0.1, 0.15) is 29.2 Å². The molecule has 2 aliphatic rings. The van der Waals surface area contributed by atoms with Crippen molar-refractivity contribution in [3.63, 3.8) is 0 Å². The molecule has 4 nitrogen and oxygen atoms in total. The Morgan fingerprint density at radius 1 is 1.00 bits per heavy atom. The molecule has 0 saturated carbocycles. The van der Waals surface area contributed by atoms with Crippen molar-refractivity contribution in [2.24, 2.45) is 0 Å². The summed E-state index contributed by atoms with van der Waals surface area (Å²) in [6.45, 7) is 0. The molecule has 5 heteroatoms. The SMILES string of the molecule is Fc1cccc(C2Oc3ccccc3C3C=C(c4ccco4)NN32)c1. The number of benzene rings is 2. The van der Waals surface area contributed by atoms with Crippen LogP contribution in [0.2, 0.25) is 0 Å². The van der Waals surface area contributed by atoms with Gasteiger partial charge in [0.1, 0.15) is 11.6 Å². The van der Waals surface area contributed by atoms with E-state index < -0.39 is 6.23 Å². The van der Waals surface area contributed by atoms with Crippen molar-refractivity contribution in [3.8, 4) is 5.75 Å². The van der Waals surface area contributed by atoms with Crippen molar-refractivity contribution in [2.45, 2.75) is 12.3 Å². The zero-order chi connectivity index (χ0) is 16.8. The molecule has 0 bridgehead atoms. The van der Waals surface area contributed by atoms with Gasteiger partial charge in [0.15, 0.2) is 12.0 Å². The Kier molecular flexibility index (Phi) is 3.15. The first-order valence-electron chi connectivity index (χ1n) is 8.11. The topological polar surface area (TPSA) is 37.6 Å². The molecule has 2 atom stereocenters. The van der Waals surface area contributed by atoms with Gasteiger partial charge in [-0.2, -0.15) is 5.01 Å². The highest BCUT2D eigenvalue weighted by atomic mass is 19.1. The molecule has 1 N–H and O–H groups in total. The molecule has 0 aliphatic carbocycles. The lowest BCUT2D eigenvalue weighted by Gasteiger charge is -2.38. The Hall–Kier alpha value is -3.05. The third-order valence-corrected chi connectivity index (χ3v) is 4.52. The lowest BCUT2D eigenvalue weighted by Crippen LogP contribution is -2.43. The maximum absolute atomic E-state index is 13.7. The second-order valence-electron chi connectivity index (χ2n) is 6.08. The average molecular weight is 334 g/mol. The van der Waals surface area contributed by atoms with E-state index in [1.165, 1.54) is 12.1 Å². The van der Waals surface area contributed by atoms with Crippen molar-refractivity contribution >= 4 is 5.70 Å². The van der Waals surface area contributed by atoms with Gasteiger partial charge in [-0.05, 0) is 36.4 Å². The number of para-hydroxylation sites is 1. The number of halogens is 1. The first-order valence-corrected chi connectivity index (χ1v) is 8.11. The molecule has 0 fully saturated rings. The van der Waals surface area contributed by atoms with Gasteiger partial charge in [-0.25, -0.2) is 4.39 Å². The van der Waals surface area contributed by atoms with E-state index >= 15 is 0 Å². The Morgan fingerprint density at radius 2 is 1.92 bits per heavy atom. The molecule has 2 unspecified atom stereocenters. The molecule has 0 spiro atoms. The van der Waals surface area contributed by atoms with E-state index in [-0.39, 0.29) is 11.9 Å². The number of nitrogens with zero attached hydrogens (tertiary/aromatic N) is 1. The van der Waals surface area contributed by atoms with Gasteiger partial charge in [-0.1, -0.05) is 30.3 Å². The van der Waals surface area contributed by atoms with Gasteiger partial charge in [-0.15, -0.1) is 0 Å². The summed E-state index contributed by atoms with van der Waals surface area (Å²) in [6, 6.07) is 18.1. The fourth-order valence-corrected chi connectivity index (χ4v) is 3.40. The van der Waals surface area contributed by atoms with Gasteiger partial charge < -0.3 is 14.6 Å². The van der Waals surface area contributed by atoms with E-state index in [1.807, 2.05) is 47.5 Å². The normalized spacial score (nSPS) is 21.7. The van der Waals surface area contributed by atoms with Gasteiger partial charge >= 0.3 is 0 Å². The fraction of sp³-hybridized carbons (Fsp3) is 0.100. The Bertz CT molecular complexity index is 952. The van der Waals surface area contributed by atoms with Crippen molar-refractivity contribution in [3.05, 3.63) is 95.7 Å². The summed E-state index contributed by atoms with van der Waals surface area (Å²) in [5.74, 6) is 1.27. The number of fused-ring (bicyclic) bond motifs is 3. The summed E-state index contributed by atoms with van der Waals surface area (Å²) < 4.78 is 25.4. The molecule has 5 rings (SSSR count). The van der Waals surface area contributed by atoms with E-state index in [1.54, 1.807) is 12.3 Å². The largest absolute Gasteiger partial charge is 0.469 e. The third kappa shape index (κ3) is 2.32. The predicted molar refractivity (Wildman–Crippen MR) is 90.6 cm³/mol. The highest BCUT2D eigenvalue weighted by Gasteiger charge is 2.40. The monoisotopic (exact) mass is 334 g/mol. The summed E-state index contributed by atoms with van der Waals surface area (Å²) in [5, 5.41) is 1.98. The van der Waals surface area contributed by atoms with Crippen molar-refractivity contribution in [2.75, 3.05) is 0 Å². The van der Waals surface area contributed by atoms with Crippen LogP contribution in [0.25, 0.3) is 5.70 Å². The molecule has 0 radical (unpaired) electrons. The lowest BCUT2D eigenvalue weighted by molar-refractivity contribution is -0.0329. The summed E-state index contributed by atoms with van der Waals surface area (Å²) in [4.78, 5) is 0. The minimum atomic E-state index is -0.445. The molecule has 25 heavy (non-hydrogen) atoms. The van der Waals surface area contributed by atoms with Crippen LogP contribution in [-0.4, -0.2) is 5.01 Å². The summed E-state index contributed by atoms with van der Waals surface area (Å²) in [5.41, 5.74) is 6.04. The lowest BCUT2D eigenvalue weighted by atomic mass is 10.0. The summed E-state index contributed by atoms with van der Waals surface area (Å²) >= 11 is 0. The van der Waals surface area contributed by atoms with Gasteiger partial charge in [-0.3, -0.25) is 0 Å². The summed E-state index contributed by atoms with van der Waals surface area (Å²) in [7, 11) is 0. The number of hydrogen-bond donors (Lipinski definition) is 1. The Balaban J connectivity index is 1.61. The standard InChI is InChI=1S/C20H15FN2O2/c21-14-6-3-5-13(11-14)20-23-17(15-7-1-2-8-18(15)25-20)12-16(22-23)19-9-4-10-24-19/h1-12,17,20,22H. The second-order valence-corrected chi connectivity index (χ2v) is 6.08. The van der Waals surface area contributed by atoms with Gasteiger partial charge in [0.25, 0.3) is 0 Å². The predicted octanol–water partition coefficient (Wildman–Crippen LogP) is 4.41. The smallest absolute Gasteiger partial charge is 0.196 e. The molecule has 2 aliphatic heterocycles. The maximum atomic E-state index is 13.7. The molecule has 3 aromatic rings. The highest BCUT2D eigenvalue weighted by Crippen LogP contribution is 2.45. The molecule has 3 heterocycles. The van der Waals surface area contributed by atoms with Crippen LogP contribution >= 0.6 is 0 Å². The van der Waals surface area contributed by atoms with E-state index in [0.29, 0.717) is 0 Å². The van der Waals surface area contributed by atoms with Crippen molar-refractivity contribution < 1.29 is 13.5 Å². The first kappa shape index (κ1) is 14.3. The second kappa shape index (κ2) is 5.50. The molecule has 2 aromatic carbocycles. The zero-order valence-corrected chi connectivity index (χ0v) is 13.2. The molecular formula is C20H15FN2O2. The zero-order valence-electron chi connectivity index (χ0n) is 13.2. The molecular weight excluding hydrogens is 319 g/mol. The van der Waals surface area contributed by atoms with Crippen molar-refractivity contribution in [1.82, 2.24) is 10.4 Å². The molecule has 0 saturated heterocycles. The minimum absolute atomic E-state index is 0.0293. The number of rotatable bonds is 2. The number of hydrogen-bond acceptors (Lipinski definition) is 4. The molecule has 1 aromatic heterocycles. The van der Waals surface area contributed by atoms with Gasteiger partial charge in [0, 0.05) is 11.1 Å². The number of furan rings is 1. The van der Waals surface area contributed by atoms with Crippen molar-refractivity contribution in [1.29, 1.82) is 0 Å². The van der Waals surface area contributed by atoms with E-state index in [9.17, 15) is 4.39 Å². The fourth-order valence-electron chi connectivity index (χ4n) is 3.40. The highest BCUT2D eigenvalue weighted by molar-refractivity contribution is 5.64. The first-order chi connectivity index (χ1) is 12.3. The molecule has 124 valence electrons. The summed E-state index contributed by atoms with van der Waals surface area (Å²) in [6.07, 6.45) is 3.30. The Morgan fingerprint density at radius 3 is 2.76 bits per heavy atom. The minimum Gasteiger partial charge on any atom is -0.469 e. The van der Waals surface area contributed by atoms with Crippen LogP contribution in [0, 0.1) is 5.82 Å². The van der Waals surface area contributed by atoms with Crippen LogP contribution in [0.15, 0.2) is 77.4 Å².